The van der Waals surface area contributed by atoms with Gasteiger partial charge in [0.25, 0.3) is 5.56 Å². The molecule has 2 aliphatic rings. The van der Waals surface area contributed by atoms with E-state index in [0.29, 0.717) is 0 Å². The second-order valence-electron chi connectivity index (χ2n) is 7.04. The van der Waals surface area contributed by atoms with Gasteiger partial charge in [-0.2, -0.15) is 16.9 Å². The van der Waals surface area contributed by atoms with Crippen LogP contribution in [-0.2, 0) is 17.8 Å². The zero-order valence-corrected chi connectivity index (χ0v) is 16.6. The highest BCUT2D eigenvalue weighted by atomic mass is 32.2. The van der Waals surface area contributed by atoms with E-state index in [9.17, 15) is 9.59 Å². The zero-order valence-electron chi connectivity index (χ0n) is 15.8. The third-order valence-electron chi connectivity index (χ3n) is 5.02. The Morgan fingerprint density at radius 1 is 1.18 bits per heavy atom. The van der Waals surface area contributed by atoms with Crippen molar-refractivity contribution in [1.82, 2.24) is 9.78 Å². The summed E-state index contributed by atoms with van der Waals surface area (Å²) in [7, 11) is 0. The lowest BCUT2D eigenvalue weighted by Gasteiger charge is -2.27. The van der Waals surface area contributed by atoms with E-state index in [0.717, 1.165) is 55.4 Å². The molecule has 2 aromatic rings. The summed E-state index contributed by atoms with van der Waals surface area (Å²) >= 11 is 1.92. The van der Waals surface area contributed by atoms with Crippen LogP contribution in [0.15, 0.2) is 41.2 Å². The molecule has 7 heteroatoms. The number of anilines is 2. The maximum atomic E-state index is 12.5. The van der Waals surface area contributed by atoms with E-state index in [-0.39, 0.29) is 18.0 Å². The minimum absolute atomic E-state index is 0.0910. The molecule has 1 fully saturated rings. The number of hydrogen-bond acceptors (Lipinski definition) is 5. The van der Waals surface area contributed by atoms with Gasteiger partial charge in [-0.3, -0.25) is 9.59 Å². The van der Waals surface area contributed by atoms with Crippen LogP contribution in [0.1, 0.15) is 24.0 Å². The predicted molar refractivity (Wildman–Crippen MR) is 115 cm³/mol. The highest BCUT2D eigenvalue weighted by Gasteiger charge is 2.15. The molecular weight excluding hydrogens is 372 g/mol. The highest BCUT2D eigenvalue weighted by molar-refractivity contribution is 7.99. The van der Waals surface area contributed by atoms with Crippen LogP contribution in [0.4, 0.5) is 11.5 Å². The molecule has 146 valence electrons. The van der Waals surface area contributed by atoms with Gasteiger partial charge in [-0.15, -0.1) is 0 Å². The molecule has 1 saturated heterocycles. The van der Waals surface area contributed by atoms with Gasteiger partial charge in [-0.05, 0) is 48.6 Å². The molecule has 4 rings (SSSR count). The van der Waals surface area contributed by atoms with Crippen molar-refractivity contribution in [3.8, 4) is 0 Å². The maximum Gasteiger partial charge on any atom is 0.267 e. The quantitative estimate of drug-likeness (QED) is 0.861. The normalized spacial score (nSPS) is 16.4. The fraction of sp³-hybridized carbons (Fsp3) is 0.381. The number of hydrogen-bond donors (Lipinski definition) is 1. The van der Waals surface area contributed by atoms with Crippen LogP contribution in [0, 0.1) is 0 Å². The first-order valence-corrected chi connectivity index (χ1v) is 10.8. The van der Waals surface area contributed by atoms with Crippen LogP contribution >= 0.6 is 11.8 Å². The summed E-state index contributed by atoms with van der Waals surface area (Å²) in [6.07, 6.45) is 7.53. The second-order valence-corrected chi connectivity index (χ2v) is 8.27. The molecule has 6 nitrogen and oxygen atoms in total. The number of carbonyl (C=O) groups excluding carboxylic acids is 1. The Kier molecular flexibility index (Phi) is 5.81. The summed E-state index contributed by atoms with van der Waals surface area (Å²) in [6, 6.07) is 9.20. The lowest BCUT2D eigenvalue weighted by molar-refractivity contribution is -0.117. The van der Waals surface area contributed by atoms with Crippen molar-refractivity contribution in [1.29, 1.82) is 0 Å². The molecule has 28 heavy (non-hydrogen) atoms. The van der Waals surface area contributed by atoms with Crippen molar-refractivity contribution >= 4 is 35.3 Å². The second kappa shape index (κ2) is 8.65. The van der Waals surface area contributed by atoms with Crippen LogP contribution in [-0.4, -0.2) is 40.3 Å². The van der Waals surface area contributed by atoms with Crippen LogP contribution in [0.5, 0.6) is 0 Å². The average molecular weight is 397 g/mol. The summed E-state index contributed by atoms with van der Waals surface area (Å²) in [5, 5.41) is 7.32. The number of thioether (sulfide) groups is 1. The molecule has 1 aliphatic carbocycles. The molecule has 1 aromatic heterocycles. The molecule has 1 aromatic carbocycles. The maximum absolute atomic E-state index is 12.5. The Labute approximate surface area is 168 Å². The first-order valence-electron chi connectivity index (χ1n) is 9.69. The summed E-state index contributed by atoms with van der Waals surface area (Å²) in [5.74, 6) is 2.61. The van der Waals surface area contributed by atoms with E-state index in [1.807, 2.05) is 30.0 Å². The van der Waals surface area contributed by atoms with E-state index in [1.54, 1.807) is 6.07 Å². The molecule has 0 spiro atoms. The van der Waals surface area contributed by atoms with Crippen molar-refractivity contribution < 1.29 is 4.79 Å². The predicted octanol–water partition coefficient (Wildman–Crippen LogP) is 2.78. The monoisotopic (exact) mass is 396 g/mol. The summed E-state index contributed by atoms with van der Waals surface area (Å²) < 4.78 is 1.25. The number of benzene rings is 1. The minimum atomic E-state index is -0.266. The molecular formula is C21H24N4O2S. The Balaban J connectivity index is 1.46. The lowest BCUT2D eigenvalue weighted by atomic mass is 10.0. The van der Waals surface area contributed by atoms with Crippen molar-refractivity contribution in [2.45, 2.75) is 25.8 Å². The van der Waals surface area contributed by atoms with Crippen LogP contribution in [0.25, 0.3) is 6.08 Å². The summed E-state index contributed by atoms with van der Waals surface area (Å²) in [5.41, 5.74) is 2.95. The van der Waals surface area contributed by atoms with Gasteiger partial charge in [0.15, 0.2) is 0 Å². The van der Waals surface area contributed by atoms with Crippen molar-refractivity contribution in [3.63, 3.8) is 0 Å². The number of allylic oxidation sites excluding steroid dienone is 1. The van der Waals surface area contributed by atoms with Crippen LogP contribution in [0.3, 0.4) is 0 Å². The molecule has 0 bridgehead atoms. The standard InChI is InChI=1S/C21H24N4O2S/c26-20(22-18-7-6-16-4-2-1-3-5-17(16)14-18)15-25-21(27)9-8-19(23-25)24-10-12-28-13-11-24/h2,4,6-9,14H,1,3,5,10-13,15H2,(H,22,26). The van der Waals surface area contributed by atoms with Crippen molar-refractivity contribution in [2.75, 3.05) is 34.8 Å². The van der Waals surface area contributed by atoms with E-state index >= 15 is 0 Å². The SMILES string of the molecule is O=C(Cn1nc(N2CCSCC2)ccc1=O)Nc1ccc2c(c1)CCCC=C2. The molecule has 0 unspecified atom stereocenters. The molecule has 0 radical (unpaired) electrons. The van der Waals surface area contributed by atoms with Gasteiger partial charge < -0.3 is 10.2 Å². The molecule has 2 heterocycles. The van der Waals surface area contributed by atoms with E-state index in [1.165, 1.54) is 21.9 Å². The van der Waals surface area contributed by atoms with E-state index in [2.05, 4.69) is 27.5 Å². The topological polar surface area (TPSA) is 67.2 Å². The first kappa shape index (κ1) is 18.8. The van der Waals surface area contributed by atoms with Gasteiger partial charge in [-0.25, -0.2) is 4.68 Å². The number of rotatable bonds is 4. The average Bonchev–Trinajstić information content (AvgIpc) is 2.95. The molecule has 0 saturated carbocycles. The van der Waals surface area contributed by atoms with Crippen molar-refractivity contribution in [2.24, 2.45) is 0 Å². The zero-order chi connectivity index (χ0) is 19.3. The third kappa shape index (κ3) is 4.47. The van der Waals surface area contributed by atoms with Gasteiger partial charge in [0.1, 0.15) is 12.4 Å². The Hall–Kier alpha value is -2.54. The number of nitrogens with one attached hydrogen (secondary N) is 1. The summed E-state index contributed by atoms with van der Waals surface area (Å²) in [4.78, 5) is 26.8. The Bertz CT molecular complexity index is 948. The summed E-state index contributed by atoms with van der Waals surface area (Å²) in [6.45, 7) is 1.73. The number of nitrogens with zero attached hydrogens (tertiary/aromatic N) is 3. The van der Waals surface area contributed by atoms with Gasteiger partial charge in [0, 0.05) is 36.3 Å². The number of carbonyl (C=O) groups is 1. The molecule has 0 atom stereocenters. The van der Waals surface area contributed by atoms with Crippen LogP contribution in [0.2, 0.25) is 0 Å². The first-order chi connectivity index (χ1) is 13.7. The number of aryl methyl sites for hydroxylation is 1. The Morgan fingerprint density at radius 2 is 2.04 bits per heavy atom. The van der Waals surface area contributed by atoms with Gasteiger partial charge >= 0.3 is 0 Å². The fourth-order valence-corrected chi connectivity index (χ4v) is 4.44. The molecule has 1 amide bonds. The highest BCUT2D eigenvalue weighted by Crippen LogP contribution is 2.22. The lowest BCUT2D eigenvalue weighted by Crippen LogP contribution is -2.36. The third-order valence-corrected chi connectivity index (χ3v) is 5.96. The largest absolute Gasteiger partial charge is 0.354 e. The fourth-order valence-electron chi connectivity index (χ4n) is 3.53. The van der Waals surface area contributed by atoms with Gasteiger partial charge in [-0.1, -0.05) is 18.2 Å². The smallest absolute Gasteiger partial charge is 0.267 e. The van der Waals surface area contributed by atoms with E-state index < -0.39 is 0 Å². The number of aromatic nitrogens is 2. The Morgan fingerprint density at radius 3 is 2.89 bits per heavy atom. The van der Waals surface area contributed by atoms with Gasteiger partial charge in [0.05, 0.1) is 0 Å². The molecule has 1 aliphatic heterocycles. The number of fused-ring (bicyclic) bond motifs is 1. The molecule has 1 N–H and O–H groups in total. The number of amides is 1. The van der Waals surface area contributed by atoms with E-state index in [4.69, 9.17) is 0 Å². The van der Waals surface area contributed by atoms with Crippen molar-refractivity contribution in [3.05, 3.63) is 57.9 Å². The van der Waals surface area contributed by atoms with Crippen LogP contribution < -0.4 is 15.8 Å². The minimum Gasteiger partial charge on any atom is -0.354 e. The van der Waals surface area contributed by atoms with Gasteiger partial charge in [0.2, 0.25) is 5.91 Å².